The van der Waals surface area contributed by atoms with Gasteiger partial charge in [-0.15, -0.1) is 0 Å². The van der Waals surface area contributed by atoms with Gasteiger partial charge in [0.1, 0.15) is 11.6 Å². The lowest BCUT2D eigenvalue weighted by atomic mass is 10.2. The molecule has 0 saturated heterocycles. The second-order valence-corrected chi connectivity index (χ2v) is 4.26. The molecule has 0 fully saturated rings. The van der Waals surface area contributed by atoms with Gasteiger partial charge in [0, 0.05) is 17.9 Å². The minimum atomic E-state index is -4.26. The highest BCUT2D eigenvalue weighted by Gasteiger charge is 2.27. The van der Waals surface area contributed by atoms with E-state index in [4.69, 9.17) is 10.5 Å². The van der Waals surface area contributed by atoms with Gasteiger partial charge in [-0.2, -0.15) is 13.2 Å². The minimum absolute atomic E-state index is 0.0690. The molecule has 0 heterocycles. The molecule has 0 aliphatic carbocycles. The molecule has 1 rings (SSSR count). The van der Waals surface area contributed by atoms with Crippen LogP contribution in [0.1, 0.15) is 5.56 Å². The largest absolute Gasteiger partial charge is 0.492 e. The molecular formula is C10H11F4NOS. The van der Waals surface area contributed by atoms with E-state index in [1.165, 1.54) is 18.2 Å². The zero-order valence-corrected chi connectivity index (χ0v) is 9.58. The number of ether oxygens (including phenoxy) is 1. The predicted octanol–water partition coefficient (Wildman–Crippen LogP) is 2.92. The maximum absolute atomic E-state index is 12.8. The molecule has 0 bridgehead atoms. The minimum Gasteiger partial charge on any atom is -0.492 e. The summed E-state index contributed by atoms with van der Waals surface area (Å²) in [7, 11) is 0. The van der Waals surface area contributed by atoms with Gasteiger partial charge in [0.15, 0.2) is 0 Å². The van der Waals surface area contributed by atoms with Crippen molar-refractivity contribution in [1.29, 1.82) is 0 Å². The van der Waals surface area contributed by atoms with E-state index in [0.717, 1.165) is 0 Å². The molecule has 0 aromatic heterocycles. The fourth-order valence-corrected chi connectivity index (χ4v) is 1.56. The Bertz CT molecular complexity index is 370. The van der Waals surface area contributed by atoms with Crippen LogP contribution in [0.15, 0.2) is 18.2 Å². The summed E-state index contributed by atoms with van der Waals surface area (Å²) in [5, 5.41) is 0. The van der Waals surface area contributed by atoms with Crippen LogP contribution in [-0.4, -0.2) is 17.9 Å². The summed E-state index contributed by atoms with van der Waals surface area (Å²) >= 11 is -0.161. The van der Waals surface area contributed by atoms with Crippen molar-refractivity contribution in [2.24, 2.45) is 5.73 Å². The van der Waals surface area contributed by atoms with Crippen LogP contribution in [0, 0.1) is 5.82 Å². The molecule has 1 aromatic carbocycles. The molecule has 0 aliphatic heterocycles. The van der Waals surface area contributed by atoms with E-state index in [0.29, 0.717) is 11.3 Å². The normalized spacial score (nSPS) is 11.6. The van der Waals surface area contributed by atoms with Crippen LogP contribution in [0.4, 0.5) is 17.6 Å². The van der Waals surface area contributed by atoms with Crippen LogP contribution in [0.25, 0.3) is 0 Å². The molecule has 0 amide bonds. The summed E-state index contributed by atoms with van der Waals surface area (Å²) < 4.78 is 53.4. The average Bonchev–Trinajstić information content (AvgIpc) is 2.24. The van der Waals surface area contributed by atoms with Crippen molar-refractivity contribution < 1.29 is 22.3 Å². The number of rotatable bonds is 5. The number of thioether (sulfide) groups is 1. The first-order chi connectivity index (χ1) is 7.92. The zero-order chi connectivity index (χ0) is 12.9. The first-order valence-electron chi connectivity index (χ1n) is 4.74. The van der Waals surface area contributed by atoms with E-state index in [1.807, 2.05) is 0 Å². The summed E-state index contributed by atoms with van der Waals surface area (Å²) in [4.78, 5) is 0. The molecule has 0 aliphatic rings. The predicted molar refractivity (Wildman–Crippen MR) is 58.3 cm³/mol. The van der Waals surface area contributed by atoms with Gasteiger partial charge in [0.05, 0.1) is 6.61 Å². The van der Waals surface area contributed by atoms with Crippen molar-refractivity contribution in [1.82, 2.24) is 0 Å². The van der Waals surface area contributed by atoms with Gasteiger partial charge in [-0.1, -0.05) is 0 Å². The highest BCUT2D eigenvalue weighted by atomic mass is 32.2. The molecule has 96 valence electrons. The first kappa shape index (κ1) is 14.1. The number of hydrogen-bond acceptors (Lipinski definition) is 3. The van der Waals surface area contributed by atoms with Crippen LogP contribution in [0.5, 0.6) is 5.75 Å². The zero-order valence-electron chi connectivity index (χ0n) is 8.76. The van der Waals surface area contributed by atoms with E-state index < -0.39 is 11.3 Å². The first-order valence-corrected chi connectivity index (χ1v) is 5.73. The van der Waals surface area contributed by atoms with Crippen LogP contribution < -0.4 is 10.5 Å². The summed E-state index contributed by atoms with van der Waals surface area (Å²) in [6.07, 6.45) is 0. The summed E-state index contributed by atoms with van der Waals surface area (Å²) in [6.45, 7) is -0.0394. The van der Waals surface area contributed by atoms with Gasteiger partial charge < -0.3 is 10.5 Å². The quantitative estimate of drug-likeness (QED) is 0.659. The Morgan fingerprint density at radius 1 is 1.29 bits per heavy atom. The number of benzene rings is 1. The molecular weight excluding hydrogens is 258 g/mol. The summed E-state index contributed by atoms with van der Waals surface area (Å²) in [5.74, 6) is -0.357. The van der Waals surface area contributed by atoms with E-state index in [9.17, 15) is 17.6 Å². The molecule has 0 radical (unpaired) electrons. The van der Waals surface area contributed by atoms with Crippen LogP contribution in [0.2, 0.25) is 0 Å². The highest BCUT2D eigenvalue weighted by molar-refractivity contribution is 8.00. The smallest absolute Gasteiger partial charge is 0.441 e. The Kier molecular flexibility index (Phi) is 5.07. The molecule has 7 heteroatoms. The van der Waals surface area contributed by atoms with E-state index >= 15 is 0 Å². The SMILES string of the molecule is NCc1cc(F)ccc1OCCSC(F)(F)F. The number of halogens is 4. The van der Waals surface area contributed by atoms with Crippen LogP contribution in [-0.2, 0) is 6.54 Å². The monoisotopic (exact) mass is 269 g/mol. The molecule has 0 unspecified atom stereocenters. The Morgan fingerprint density at radius 2 is 2.00 bits per heavy atom. The average molecular weight is 269 g/mol. The van der Waals surface area contributed by atoms with Gasteiger partial charge in [0.25, 0.3) is 0 Å². The van der Waals surface area contributed by atoms with Crippen LogP contribution >= 0.6 is 11.8 Å². The molecule has 0 atom stereocenters. The van der Waals surface area contributed by atoms with Gasteiger partial charge in [-0.25, -0.2) is 4.39 Å². The lowest BCUT2D eigenvalue weighted by Crippen LogP contribution is -2.09. The van der Waals surface area contributed by atoms with E-state index in [-0.39, 0.29) is 30.7 Å². The Morgan fingerprint density at radius 3 is 2.59 bits per heavy atom. The highest BCUT2D eigenvalue weighted by Crippen LogP contribution is 2.30. The van der Waals surface area contributed by atoms with Crippen molar-refractivity contribution in [3.63, 3.8) is 0 Å². The van der Waals surface area contributed by atoms with Gasteiger partial charge in [0.2, 0.25) is 0 Å². The van der Waals surface area contributed by atoms with Crippen molar-refractivity contribution in [2.75, 3.05) is 12.4 Å². The topological polar surface area (TPSA) is 35.2 Å². The molecule has 2 nitrogen and oxygen atoms in total. The second-order valence-electron chi connectivity index (χ2n) is 3.10. The number of nitrogens with two attached hydrogens (primary N) is 1. The van der Waals surface area contributed by atoms with Gasteiger partial charge >= 0.3 is 5.51 Å². The second kappa shape index (κ2) is 6.11. The molecule has 1 aromatic rings. The molecule has 0 spiro atoms. The maximum atomic E-state index is 12.8. The van der Waals surface area contributed by atoms with E-state index in [2.05, 4.69) is 0 Å². The van der Waals surface area contributed by atoms with E-state index in [1.54, 1.807) is 0 Å². The third-order valence-electron chi connectivity index (χ3n) is 1.85. The lowest BCUT2D eigenvalue weighted by Gasteiger charge is -2.11. The van der Waals surface area contributed by atoms with Gasteiger partial charge in [-0.05, 0) is 30.0 Å². The maximum Gasteiger partial charge on any atom is 0.441 e. The number of alkyl halides is 3. The Labute approximate surface area is 100 Å². The van der Waals surface area contributed by atoms with Crippen molar-refractivity contribution in [2.45, 2.75) is 12.1 Å². The standard InChI is InChI=1S/C10H11F4NOS/c11-8-1-2-9(7(5-8)6-15)16-3-4-17-10(12,13)14/h1-2,5H,3-4,6,15H2. The fourth-order valence-electron chi connectivity index (χ4n) is 1.16. The third kappa shape index (κ3) is 5.27. The third-order valence-corrected chi connectivity index (χ3v) is 2.55. The van der Waals surface area contributed by atoms with Crippen molar-refractivity contribution >= 4 is 11.8 Å². The molecule has 0 saturated carbocycles. The molecule has 17 heavy (non-hydrogen) atoms. The lowest BCUT2D eigenvalue weighted by molar-refractivity contribution is -0.0329. The Hall–Kier alpha value is -0.950. The van der Waals surface area contributed by atoms with Gasteiger partial charge in [-0.3, -0.25) is 0 Å². The van der Waals surface area contributed by atoms with Crippen molar-refractivity contribution in [3.05, 3.63) is 29.6 Å². The Balaban J connectivity index is 2.46. The van der Waals surface area contributed by atoms with Crippen molar-refractivity contribution in [3.8, 4) is 5.75 Å². The fraction of sp³-hybridized carbons (Fsp3) is 0.400. The number of hydrogen-bond donors (Lipinski definition) is 1. The summed E-state index contributed by atoms with van der Waals surface area (Å²) in [5.41, 5.74) is 1.53. The summed E-state index contributed by atoms with van der Waals surface area (Å²) in [6, 6.07) is 3.73. The molecule has 2 N–H and O–H groups in total. The van der Waals surface area contributed by atoms with Crippen LogP contribution in [0.3, 0.4) is 0 Å².